The predicted molar refractivity (Wildman–Crippen MR) is 63.7 cm³/mol. The number of ether oxygens (including phenoxy) is 3. The van der Waals surface area contributed by atoms with Gasteiger partial charge in [0.25, 0.3) is 0 Å². The average molecular weight is 302 g/mol. The van der Waals surface area contributed by atoms with Gasteiger partial charge in [0.1, 0.15) is 12.4 Å². The zero-order valence-corrected chi connectivity index (χ0v) is 14.4. The van der Waals surface area contributed by atoms with Crippen molar-refractivity contribution in [2.45, 2.75) is 6.92 Å². The molecule has 0 saturated heterocycles. The van der Waals surface area contributed by atoms with Crippen LogP contribution in [0, 0.1) is 0 Å². The van der Waals surface area contributed by atoms with Crippen molar-refractivity contribution in [3.8, 4) is 11.5 Å². The van der Waals surface area contributed by atoms with Crippen molar-refractivity contribution < 1.29 is 78.5 Å². The molecule has 0 saturated carbocycles. The zero-order chi connectivity index (χ0) is 13.6. The van der Waals surface area contributed by atoms with Crippen LogP contribution in [0.2, 0.25) is 0 Å². The second kappa shape index (κ2) is 9.25. The van der Waals surface area contributed by atoms with Gasteiger partial charge < -0.3 is 27.2 Å². The van der Waals surface area contributed by atoms with Crippen LogP contribution in [-0.2, 0) is 4.74 Å². The first-order chi connectivity index (χ1) is 8.49. The second-order valence-corrected chi connectivity index (χ2v) is 3.52. The third-order valence-electron chi connectivity index (χ3n) is 2.26. The summed E-state index contributed by atoms with van der Waals surface area (Å²) in [4.78, 5) is 0. The molecule has 0 bridgehead atoms. The molecule has 0 unspecified atom stereocenters. The van der Waals surface area contributed by atoms with Gasteiger partial charge in [0.05, 0.1) is 19.5 Å². The standard InChI is InChI=1S/C11H15BF3O3.K/c1-3-17-6-7-18-11-5-4-9(16-2)8-10(11)12(13,14)15;/h4-5,8H,3,6-7H2,1-2H3;/q-1;+1. The third kappa shape index (κ3) is 6.50. The molecule has 3 nitrogen and oxygen atoms in total. The largest absolute Gasteiger partial charge is 1.00 e. The maximum absolute atomic E-state index is 12.8. The monoisotopic (exact) mass is 302 g/mol. The molecule has 0 aliphatic heterocycles. The van der Waals surface area contributed by atoms with Crippen LogP contribution in [0.25, 0.3) is 0 Å². The van der Waals surface area contributed by atoms with Crippen LogP contribution in [0.15, 0.2) is 18.2 Å². The molecule has 0 fully saturated rings. The van der Waals surface area contributed by atoms with Gasteiger partial charge in [0.15, 0.2) is 0 Å². The molecule has 0 aliphatic carbocycles. The summed E-state index contributed by atoms with van der Waals surface area (Å²) in [5, 5.41) is 0. The Labute approximate surface area is 153 Å². The third-order valence-corrected chi connectivity index (χ3v) is 2.26. The molecule has 1 rings (SSSR count). The molecule has 0 heterocycles. The maximum Gasteiger partial charge on any atom is 1.00 e. The van der Waals surface area contributed by atoms with Gasteiger partial charge in [-0.25, -0.2) is 0 Å². The van der Waals surface area contributed by atoms with Gasteiger partial charge in [0.2, 0.25) is 0 Å². The smallest absolute Gasteiger partial charge is 0.497 e. The molecular weight excluding hydrogens is 287 g/mol. The van der Waals surface area contributed by atoms with Crippen LogP contribution >= 0.6 is 0 Å². The Morgan fingerprint density at radius 1 is 1.16 bits per heavy atom. The Morgan fingerprint density at radius 3 is 2.37 bits per heavy atom. The van der Waals surface area contributed by atoms with E-state index in [2.05, 4.69) is 0 Å². The summed E-state index contributed by atoms with van der Waals surface area (Å²) in [7, 11) is 1.32. The van der Waals surface area contributed by atoms with Crippen LogP contribution < -0.4 is 66.3 Å². The minimum atomic E-state index is -5.14. The van der Waals surface area contributed by atoms with E-state index >= 15 is 0 Å². The van der Waals surface area contributed by atoms with Gasteiger partial charge in [-0.15, -0.1) is 0 Å². The van der Waals surface area contributed by atoms with E-state index in [1.807, 2.05) is 0 Å². The predicted octanol–water partition coefficient (Wildman–Crippen LogP) is -0.831. The zero-order valence-electron chi connectivity index (χ0n) is 11.3. The fourth-order valence-electron chi connectivity index (χ4n) is 1.40. The summed E-state index contributed by atoms with van der Waals surface area (Å²) in [5.74, 6) is -0.0376. The van der Waals surface area contributed by atoms with Gasteiger partial charge in [-0.3, -0.25) is 0 Å². The molecule has 0 aromatic heterocycles. The van der Waals surface area contributed by atoms with Crippen molar-refractivity contribution in [1.82, 2.24) is 0 Å². The number of hydrogen-bond donors (Lipinski definition) is 0. The molecule has 8 heteroatoms. The number of methoxy groups -OCH3 is 1. The van der Waals surface area contributed by atoms with Crippen molar-refractivity contribution in [3.05, 3.63) is 18.2 Å². The molecule has 19 heavy (non-hydrogen) atoms. The van der Waals surface area contributed by atoms with Crippen molar-refractivity contribution in [1.29, 1.82) is 0 Å². The summed E-state index contributed by atoms with van der Waals surface area (Å²) < 4.78 is 53.4. The SMILES string of the molecule is CCOCCOc1ccc(OC)cc1[B-](F)(F)F.[K+]. The first-order valence-corrected chi connectivity index (χ1v) is 5.57. The Kier molecular flexibility index (Phi) is 9.38. The fraction of sp³-hybridized carbons (Fsp3) is 0.455. The van der Waals surface area contributed by atoms with E-state index in [4.69, 9.17) is 14.2 Å². The van der Waals surface area contributed by atoms with E-state index in [9.17, 15) is 12.9 Å². The molecule has 0 atom stereocenters. The molecule has 1 aromatic carbocycles. The van der Waals surface area contributed by atoms with Crippen LogP contribution in [0.5, 0.6) is 11.5 Å². The molecule has 0 radical (unpaired) electrons. The van der Waals surface area contributed by atoms with Crippen molar-refractivity contribution in [2.75, 3.05) is 26.9 Å². The summed E-state index contributed by atoms with van der Waals surface area (Å²) in [6.45, 7) is -2.49. The maximum atomic E-state index is 12.8. The van der Waals surface area contributed by atoms with E-state index in [1.54, 1.807) is 6.92 Å². The Morgan fingerprint density at radius 2 is 1.84 bits per heavy atom. The van der Waals surface area contributed by atoms with E-state index in [1.165, 1.54) is 19.2 Å². The van der Waals surface area contributed by atoms with E-state index in [0.29, 0.717) is 6.61 Å². The van der Waals surface area contributed by atoms with Gasteiger partial charge >= 0.3 is 58.4 Å². The molecule has 1 aromatic rings. The Hall–Kier alpha value is 0.271. The van der Waals surface area contributed by atoms with Gasteiger partial charge in [-0.05, 0) is 25.1 Å². The molecular formula is C11H15BF3KO3. The first kappa shape index (κ1) is 19.3. The van der Waals surface area contributed by atoms with Crippen LogP contribution in [-0.4, -0.2) is 33.9 Å². The molecule has 0 spiro atoms. The minimum Gasteiger partial charge on any atom is -0.497 e. The number of halogens is 3. The van der Waals surface area contributed by atoms with E-state index in [0.717, 1.165) is 6.07 Å². The summed E-state index contributed by atoms with van der Waals surface area (Å²) >= 11 is 0. The van der Waals surface area contributed by atoms with Crippen molar-refractivity contribution in [2.24, 2.45) is 0 Å². The molecule has 0 amide bonds. The quantitative estimate of drug-likeness (QED) is 0.486. The topological polar surface area (TPSA) is 27.7 Å². The Balaban J connectivity index is 0.00000324. The van der Waals surface area contributed by atoms with E-state index in [-0.39, 0.29) is 76.1 Å². The van der Waals surface area contributed by atoms with Crippen molar-refractivity contribution in [3.63, 3.8) is 0 Å². The average Bonchev–Trinajstić information content (AvgIpc) is 2.33. The fourth-order valence-corrected chi connectivity index (χ4v) is 1.40. The van der Waals surface area contributed by atoms with Crippen molar-refractivity contribution >= 4 is 12.4 Å². The minimum absolute atomic E-state index is 0. The normalized spacial score (nSPS) is 10.8. The second-order valence-electron chi connectivity index (χ2n) is 3.52. The molecule has 0 N–H and O–H groups in total. The number of hydrogen-bond acceptors (Lipinski definition) is 3. The van der Waals surface area contributed by atoms with E-state index < -0.39 is 12.4 Å². The van der Waals surface area contributed by atoms with Gasteiger partial charge in [-0.2, -0.15) is 0 Å². The summed E-state index contributed by atoms with van der Waals surface area (Å²) in [6.07, 6.45) is 0. The van der Waals surface area contributed by atoms with Gasteiger partial charge in [0, 0.05) is 6.61 Å². The molecule has 102 valence electrons. The van der Waals surface area contributed by atoms with Crippen LogP contribution in [0.4, 0.5) is 12.9 Å². The Bertz CT molecular complexity index is 388. The summed E-state index contributed by atoms with van der Waals surface area (Å²) in [5.41, 5.74) is -0.786. The first-order valence-electron chi connectivity index (χ1n) is 5.57. The van der Waals surface area contributed by atoms with Gasteiger partial charge in [-0.1, -0.05) is 5.46 Å². The number of rotatable bonds is 7. The van der Waals surface area contributed by atoms with Crippen LogP contribution in [0.1, 0.15) is 6.92 Å². The summed E-state index contributed by atoms with van der Waals surface area (Å²) in [6, 6.07) is 3.63. The molecule has 0 aliphatic rings. The van der Waals surface area contributed by atoms with Crippen LogP contribution in [0.3, 0.4) is 0 Å². The number of benzene rings is 1.